The van der Waals surface area contributed by atoms with Crippen molar-refractivity contribution in [3.63, 3.8) is 0 Å². The van der Waals surface area contributed by atoms with Gasteiger partial charge in [-0.1, -0.05) is 49.2 Å². The van der Waals surface area contributed by atoms with Crippen molar-refractivity contribution in [2.75, 3.05) is 11.9 Å². The molecule has 1 saturated carbocycles. The average molecular weight is 358 g/mol. The zero-order chi connectivity index (χ0) is 18.6. The lowest BCUT2D eigenvalue weighted by molar-refractivity contribution is -0.117. The molecule has 5 heteroatoms. The van der Waals surface area contributed by atoms with Gasteiger partial charge in [0.15, 0.2) is 0 Å². The Hall–Kier alpha value is -2.27. The topological polar surface area (TPSA) is 41.1 Å². The molecule has 1 aliphatic rings. The summed E-state index contributed by atoms with van der Waals surface area (Å²) in [5.74, 6) is -2.00. The summed E-state index contributed by atoms with van der Waals surface area (Å²) in [5, 5.41) is 5.62. The second kappa shape index (κ2) is 7.96. The molecule has 0 spiro atoms. The molecule has 0 bridgehead atoms. The van der Waals surface area contributed by atoms with E-state index in [2.05, 4.69) is 22.8 Å². The van der Waals surface area contributed by atoms with E-state index < -0.39 is 29.3 Å². The van der Waals surface area contributed by atoms with Gasteiger partial charge in [0.25, 0.3) is 0 Å². The van der Waals surface area contributed by atoms with Crippen molar-refractivity contribution in [3.05, 3.63) is 65.7 Å². The van der Waals surface area contributed by atoms with Crippen molar-refractivity contribution in [3.8, 4) is 0 Å². The number of hydrogen-bond donors (Lipinski definition) is 2. The molecule has 0 heterocycles. The van der Waals surface area contributed by atoms with Crippen LogP contribution in [0.2, 0.25) is 0 Å². The Labute approximate surface area is 152 Å². The van der Waals surface area contributed by atoms with Gasteiger partial charge in [-0.25, -0.2) is 8.78 Å². The van der Waals surface area contributed by atoms with E-state index in [1.54, 1.807) is 6.92 Å². The molecule has 3 nitrogen and oxygen atoms in total. The third-order valence-electron chi connectivity index (χ3n) is 5.30. The Morgan fingerprint density at radius 2 is 1.65 bits per heavy atom. The van der Waals surface area contributed by atoms with Crippen molar-refractivity contribution < 1.29 is 13.6 Å². The van der Waals surface area contributed by atoms with Gasteiger partial charge in [-0.05, 0) is 37.5 Å². The van der Waals surface area contributed by atoms with Crippen LogP contribution in [0, 0.1) is 11.6 Å². The fourth-order valence-corrected chi connectivity index (χ4v) is 3.70. The van der Waals surface area contributed by atoms with E-state index in [1.165, 1.54) is 11.6 Å². The number of anilines is 1. The number of halogens is 2. The van der Waals surface area contributed by atoms with Crippen molar-refractivity contribution in [1.82, 2.24) is 5.32 Å². The van der Waals surface area contributed by atoms with Gasteiger partial charge in [0.05, 0.1) is 6.04 Å². The largest absolute Gasteiger partial charge is 0.320 e. The predicted octanol–water partition coefficient (Wildman–Crippen LogP) is 4.39. The van der Waals surface area contributed by atoms with Gasteiger partial charge < -0.3 is 10.6 Å². The van der Waals surface area contributed by atoms with Gasteiger partial charge in [-0.2, -0.15) is 0 Å². The third-order valence-corrected chi connectivity index (χ3v) is 5.30. The van der Waals surface area contributed by atoms with Gasteiger partial charge in [0.2, 0.25) is 5.91 Å². The van der Waals surface area contributed by atoms with Crippen LogP contribution in [0.25, 0.3) is 0 Å². The van der Waals surface area contributed by atoms with E-state index >= 15 is 0 Å². The van der Waals surface area contributed by atoms with Crippen LogP contribution in [-0.2, 0) is 10.2 Å². The van der Waals surface area contributed by atoms with Crippen LogP contribution in [-0.4, -0.2) is 18.5 Å². The summed E-state index contributed by atoms with van der Waals surface area (Å²) in [6, 6.07) is 13.3. The lowest BCUT2D eigenvalue weighted by atomic mass is 9.78. The number of nitrogens with one attached hydrogen (secondary N) is 2. The van der Waals surface area contributed by atoms with E-state index in [4.69, 9.17) is 0 Å². The molecule has 0 radical (unpaired) electrons. The summed E-state index contributed by atoms with van der Waals surface area (Å²) >= 11 is 0. The van der Waals surface area contributed by atoms with Gasteiger partial charge in [-0.15, -0.1) is 0 Å². The van der Waals surface area contributed by atoms with Gasteiger partial charge >= 0.3 is 0 Å². The zero-order valence-corrected chi connectivity index (χ0v) is 14.9. The van der Waals surface area contributed by atoms with Crippen LogP contribution >= 0.6 is 0 Å². The molecule has 1 atom stereocenters. The highest BCUT2D eigenvalue weighted by molar-refractivity contribution is 5.94. The normalized spacial score (nSPS) is 17.0. The van der Waals surface area contributed by atoms with Crippen molar-refractivity contribution >= 4 is 11.6 Å². The second-order valence-electron chi connectivity index (χ2n) is 7.04. The third kappa shape index (κ3) is 3.93. The molecule has 1 fully saturated rings. The number of para-hydroxylation sites is 1. The van der Waals surface area contributed by atoms with Crippen LogP contribution in [0.3, 0.4) is 0 Å². The molecule has 26 heavy (non-hydrogen) atoms. The molecule has 0 aliphatic heterocycles. The molecule has 0 saturated heterocycles. The molecule has 138 valence electrons. The summed E-state index contributed by atoms with van der Waals surface area (Å²) in [7, 11) is 0. The van der Waals surface area contributed by atoms with Crippen LogP contribution in [0.1, 0.15) is 38.2 Å². The lowest BCUT2D eigenvalue weighted by Gasteiger charge is -2.31. The minimum atomic E-state index is -0.776. The summed E-state index contributed by atoms with van der Waals surface area (Å²) in [5.41, 5.74) is 0.890. The Kier molecular flexibility index (Phi) is 5.67. The first kappa shape index (κ1) is 18.5. The van der Waals surface area contributed by atoms with Crippen LogP contribution in [0.15, 0.2) is 48.5 Å². The van der Waals surface area contributed by atoms with Gasteiger partial charge in [-0.3, -0.25) is 4.79 Å². The van der Waals surface area contributed by atoms with Crippen molar-refractivity contribution in [1.29, 1.82) is 0 Å². The van der Waals surface area contributed by atoms with E-state index in [1.807, 2.05) is 18.2 Å². The van der Waals surface area contributed by atoms with E-state index in [0.717, 1.165) is 37.8 Å². The fraction of sp³-hybridized carbons (Fsp3) is 0.381. The predicted molar refractivity (Wildman–Crippen MR) is 99.0 cm³/mol. The summed E-state index contributed by atoms with van der Waals surface area (Å²) in [6.07, 6.45) is 4.47. The zero-order valence-electron chi connectivity index (χ0n) is 14.9. The minimum Gasteiger partial charge on any atom is -0.320 e. The maximum absolute atomic E-state index is 13.7. The number of hydrogen-bond acceptors (Lipinski definition) is 2. The first-order chi connectivity index (χ1) is 12.5. The Morgan fingerprint density at radius 3 is 2.27 bits per heavy atom. The second-order valence-corrected chi connectivity index (χ2v) is 7.04. The quantitative estimate of drug-likeness (QED) is 0.804. The Balaban J connectivity index is 1.65. The Morgan fingerprint density at radius 1 is 1.04 bits per heavy atom. The summed E-state index contributed by atoms with van der Waals surface area (Å²) in [4.78, 5) is 12.4. The highest BCUT2D eigenvalue weighted by atomic mass is 19.1. The maximum Gasteiger partial charge on any atom is 0.241 e. The smallest absolute Gasteiger partial charge is 0.241 e. The van der Waals surface area contributed by atoms with Crippen LogP contribution in [0.5, 0.6) is 0 Å². The number of carbonyl (C=O) groups excluding carboxylic acids is 1. The monoisotopic (exact) mass is 358 g/mol. The molecule has 0 aromatic heterocycles. The molecule has 2 aromatic rings. The molecule has 2 aromatic carbocycles. The van der Waals surface area contributed by atoms with Gasteiger partial charge in [0, 0.05) is 12.0 Å². The molecular formula is C21H24F2N2O. The van der Waals surface area contributed by atoms with Crippen LogP contribution < -0.4 is 10.6 Å². The molecule has 1 aliphatic carbocycles. The molecule has 1 unspecified atom stereocenters. The number of benzene rings is 2. The van der Waals surface area contributed by atoms with Crippen LogP contribution in [0.4, 0.5) is 14.5 Å². The number of amides is 1. The number of carbonyl (C=O) groups is 1. The average Bonchev–Trinajstić information content (AvgIpc) is 3.13. The highest BCUT2D eigenvalue weighted by Crippen LogP contribution is 2.40. The van der Waals surface area contributed by atoms with E-state index in [0.29, 0.717) is 6.54 Å². The lowest BCUT2D eigenvalue weighted by Crippen LogP contribution is -2.45. The van der Waals surface area contributed by atoms with E-state index in [-0.39, 0.29) is 5.41 Å². The molecule has 1 amide bonds. The first-order valence-corrected chi connectivity index (χ1v) is 9.06. The standard InChI is InChI=1S/C21H24F2N2O/c1-15(20(26)25-19-17(22)10-7-11-18(19)23)24-14-21(12-5-6-13-21)16-8-3-2-4-9-16/h2-4,7-11,15,24H,5-6,12-14H2,1H3,(H,25,26). The minimum absolute atomic E-state index is 0.0129. The Bertz CT molecular complexity index is 738. The first-order valence-electron chi connectivity index (χ1n) is 9.06. The van der Waals surface area contributed by atoms with Crippen molar-refractivity contribution in [2.24, 2.45) is 0 Å². The maximum atomic E-state index is 13.7. The highest BCUT2D eigenvalue weighted by Gasteiger charge is 2.36. The summed E-state index contributed by atoms with van der Waals surface area (Å²) in [6.45, 7) is 2.37. The SMILES string of the molecule is CC(NCC1(c2ccccc2)CCCC1)C(=O)Nc1c(F)cccc1F. The molecule has 3 rings (SSSR count). The number of rotatable bonds is 6. The summed E-state index contributed by atoms with van der Waals surface area (Å²) < 4.78 is 27.4. The molecule has 2 N–H and O–H groups in total. The van der Waals surface area contributed by atoms with Crippen molar-refractivity contribution in [2.45, 2.75) is 44.1 Å². The fourth-order valence-electron chi connectivity index (χ4n) is 3.70. The van der Waals surface area contributed by atoms with Gasteiger partial charge in [0.1, 0.15) is 17.3 Å². The molecular weight excluding hydrogens is 334 g/mol. The van der Waals surface area contributed by atoms with E-state index in [9.17, 15) is 13.6 Å².